The molecule has 0 saturated carbocycles. The number of aromatic hydroxyl groups is 1. The molecule has 2 heterocycles. The summed E-state index contributed by atoms with van der Waals surface area (Å²) in [6, 6.07) is 16.3. The van der Waals surface area contributed by atoms with Gasteiger partial charge >= 0.3 is 5.97 Å². The fourth-order valence-corrected chi connectivity index (χ4v) is 6.63. The number of nitrogens with zero attached hydrogens (tertiary/aromatic N) is 1. The topological polar surface area (TPSA) is 89.2 Å². The van der Waals surface area contributed by atoms with Crippen LogP contribution in [0.2, 0.25) is 0 Å². The molecule has 1 unspecified atom stereocenters. The zero-order valence-corrected chi connectivity index (χ0v) is 26.8. The fourth-order valence-electron chi connectivity index (χ4n) is 5.20. The van der Waals surface area contributed by atoms with Gasteiger partial charge in [-0.05, 0) is 61.4 Å². The summed E-state index contributed by atoms with van der Waals surface area (Å²) in [4.78, 5) is 28.1. The van der Waals surface area contributed by atoms with Crippen molar-refractivity contribution >= 4 is 46.3 Å². The van der Waals surface area contributed by atoms with Gasteiger partial charge in [0.1, 0.15) is 27.3 Å². The highest BCUT2D eigenvalue weighted by Gasteiger charge is 2.36. The van der Waals surface area contributed by atoms with Crippen molar-refractivity contribution < 1.29 is 28.6 Å². The molecule has 1 aromatic heterocycles. The van der Waals surface area contributed by atoms with Crippen molar-refractivity contribution in [2.24, 2.45) is 5.92 Å². The van der Waals surface area contributed by atoms with Gasteiger partial charge in [-0.25, -0.2) is 0 Å². The Morgan fingerprint density at radius 3 is 2.58 bits per heavy atom. The number of carbonyl (C=O) groups is 2. The third-order valence-corrected chi connectivity index (χ3v) is 8.98. The lowest BCUT2D eigenvalue weighted by atomic mass is 9.95. The number of amides is 1. The van der Waals surface area contributed by atoms with Crippen molar-refractivity contribution in [3.8, 4) is 22.8 Å². The van der Waals surface area contributed by atoms with Gasteiger partial charge in [0.25, 0.3) is 5.91 Å². The summed E-state index contributed by atoms with van der Waals surface area (Å²) in [5.41, 5.74) is 2.40. The number of hydrogen-bond acceptors (Lipinski definition) is 8. The number of thioether (sulfide) groups is 1. The highest BCUT2D eigenvalue weighted by atomic mass is 32.2. The molecule has 1 N–H and O–H groups in total. The number of thiocarbonyl (C=S) groups is 1. The van der Waals surface area contributed by atoms with Crippen LogP contribution in [0.1, 0.15) is 63.3 Å². The SMILES string of the molecule is CCC(CC)CC(C)N1C(=O)/C(=C/c2oc(-c3cc(O)cc(OC)c3)cc2CCCOC(=O)Cc2ccccc2)SC1=S. The van der Waals surface area contributed by atoms with Crippen LogP contribution in [0, 0.1) is 5.92 Å². The molecule has 228 valence electrons. The van der Waals surface area contributed by atoms with Crippen LogP contribution in [0.5, 0.6) is 11.5 Å². The molecule has 43 heavy (non-hydrogen) atoms. The van der Waals surface area contributed by atoms with Crippen LogP contribution in [0.25, 0.3) is 17.4 Å². The Hall–Kier alpha value is -3.56. The first-order valence-corrected chi connectivity index (χ1v) is 15.9. The third-order valence-electron chi connectivity index (χ3n) is 7.65. The first-order valence-electron chi connectivity index (χ1n) is 14.7. The van der Waals surface area contributed by atoms with Crippen LogP contribution in [-0.4, -0.2) is 46.0 Å². The van der Waals surface area contributed by atoms with Gasteiger partial charge in [-0.2, -0.15) is 0 Å². The van der Waals surface area contributed by atoms with Gasteiger partial charge in [0.2, 0.25) is 0 Å². The number of phenolic OH excluding ortho intramolecular Hbond substituents is 1. The van der Waals surface area contributed by atoms with E-state index in [9.17, 15) is 14.7 Å². The molecule has 1 aliphatic rings. The van der Waals surface area contributed by atoms with Gasteiger partial charge in [0.05, 0.1) is 25.0 Å². The second-order valence-electron chi connectivity index (χ2n) is 10.7. The number of ether oxygens (including phenoxy) is 2. The van der Waals surface area contributed by atoms with E-state index < -0.39 is 0 Å². The molecule has 1 atom stereocenters. The minimum atomic E-state index is -0.280. The van der Waals surface area contributed by atoms with Crippen LogP contribution in [0.4, 0.5) is 0 Å². The van der Waals surface area contributed by atoms with E-state index in [1.165, 1.54) is 24.9 Å². The zero-order valence-electron chi connectivity index (χ0n) is 25.1. The van der Waals surface area contributed by atoms with Crippen molar-refractivity contribution in [2.75, 3.05) is 13.7 Å². The van der Waals surface area contributed by atoms with Crippen LogP contribution in [-0.2, 0) is 27.2 Å². The smallest absolute Gasteiger partial charge is 0.310 e. The molecular weight excluding hydrogens is 583 g/mol. The number of carbonyl (C=O) groups excluding carboxylic acids is 2. The molecular formula is C34H39NO6S2. The Balaban J connectivity index is 1.53. The molecule has 1 fully saturated rings. The molecule has 0 bridgehead atoms. The molecule has 1 saturated heterocycles. The number of rotatable bonds is 14. The summed E-state index contributed by atoms with van der Waals surface area (Å²) in [6.07, 6.45) is 6.11. The van der Waals surface area contributed by atoms with Gasteiger partial charge < -0.3 is 19.0 Å². The van der Waals surface area contributed by atoms with Crippen LogP contribution in [0.15, 0.2) is 63.9 Å². The predicted molar refractivity (Wildman–Crippen MR) is 175 cm³/mol. The molecule has 1 aliphatic heterocycles. The van der Waals surface area contributed by atoms with Crippen molar-refractivity contribution in [2.45, 2.75) is 65.3 Å². The number of benzene rings is 2. The average Bonchev–Trinajstić information content (AvgIpc) is 3.53. The normalized spacial score (nSPS) is 15.0. The van der Waals surface area contributed by atoms with E-state index >= 15 is 0 Å². The molecule has 3 aromatic rings. The maximum absolute atomic E-state index is 13.5. The van der Waals surface area contributed by atoms with Crippen LogP contribution < -0.4 is 4.74 Å². The van der Waals surface area contributed by atoms with Crippen LogP contribution >= 0.6 is 24.0 Å². The quantitative estimate of drug-likeness (QED) is 0.0845. The third kappa shape index (κ3) is 8.51. The first-order chi connectivity index (χ1) is 20.7. The monoisotopic (exact) mass is 621 g/mol. The molecule has 0 spiro atoms. The molecule has 4 rings (SSSR count). The highest BCUT2D eigenvalue weighted by Crippen LogP contribution is 2.38. The van der Waals surface area contributed by atoms with E-state index in [1.54, 1.807) is 23.1 Å². The maximum Gasteiger partial charge on any atom is 0.310 e. The number of aryl methyl sites for hydroxylation is 1. The van der Waals surface area contributed by atoms with Gasteiger partial charge in [0.15, 0.2) is 0 Å². The van der Waals surface area contributed by atoms with Gasteiger partial charge in [0, 0.05) is 23.7 Å². The van der Waals surface area contributed by atoms with E-state index in [-0.39, 0.29) is 36.7 Å². The number of hydrogen-bond donors (Lipinski definition) is 1. The summed E-state index contributed by atoms with van der Waals surface area (Å²) >= 11 is 6.91. The van der Waals surface area contributed by atoms with Crippen LogP contribution in [0.3, 0.4) is 0 Å². The summed E-state index contributed by atoms with van der Waals surface area (Å²) < 4.78 is 17.6. The number of methoxy groups -OCH3 is 1. The maximum atomic E-state index is 13.5. The van der Waals surface area contributed by atoms with Gasteiger partial charge in [-0.1, -0.05) is 81.0 Å². The van der Waals surface area contributed by atoms with E-state index in [0.29, 0.717) is 50.8 Å². The Bertz CT molecular complexity index is 1460. The summed E-state index contributed by atoms with van der Waals surface area (Å²) in [6.45, 7) is 6.65. The zero-order chi connectivity index (χ0) is 30.9. The fraction of sp³-hybridized carbons (Fsp3) is 0.382. The Kier molecular flexibility index (Phi) is 11.5. The van der Waals surface area contributed by atoms with E-state index in [4.69, 9.17) is 26.1 Å². The average molecular weight is 622 g/mol. The molecule has 0 aliphatic carbocycles. The minimum absolute atomic E-state index is 0.000244. The Labute approximate surface area is 263 Å². The number of furan rings is 1. The minimum Gasteiger partial charge on any atom is -0.508 e. The van der Waals surface area contributed by atoms with Crippen molar-refractivity contribution in [1.82, 2.24) is 4.90 Å². The molecule has 1 amide bonds. The molecule has 2 aromatic carbocycles. The molecule has 0 radical (unpaired) electrons. The van der Waals surface area contributed by atoms with Crippen molar-refractivity contribution in [3.05, 3.63) is 76.4 Å². The Morgan fingerprint density at radius 1 is 1.14 bits per heavy atom. The van der Waals surface area contributed by atoms with E-state index in [1.807, 2.05) is 36.4 Å². The molecule has 9 heteroatoms. The van der Waals surface area contributed by atoms with Crippen molar-refractivity contribution in [3.63, 3.8) is 0 Å². The highest BCUT2D eigenvalue weighted by molar-refractivity contribution is 8.26. The van der Waals surface area contributed by atoms with E-state index in [0.717, 1.165) is 30.4 Å². The van der Waals surface area contributed by atoms with E-state index in [2.05, 4.69) is 20.8 Å². The molecule has 7 nitrogen and oxygen atoms in total. The second kappa shape index (κ2) is 15.3. The Morgan fingerprint density at radius 2 is 1.88 bits per heavy atom. The lowest BCUT2D eigenvalue weighted by molar-refractivity contribution is -0.142. The van der Waals surface area contributed by atoms with Gasteiger partial charge in [-0.15, -0.1) is 0 Å². The van der Waals surface area contributed by atoms with Gasteiger partial charge in [-0.3, -0.25) is 14.5 Å². The standard InChI is InChI=1S/C34H39NO6S2/c1-5-23(6-2)15-22(3)35-33(38)31(43-34(35)42)21-30-25(13-10-14-40-32(37)16-24-11-8-7-9-12-24)19-29(41-30)26-17-27(36)20-28(18-26)39-4/h7-9,11-12,17-23,36H,5-6,10,13-16H2,1-4H3/b31-21-. The lowest BCUT2D eigenvalue weighted by Gasteiger charge is -2.26. The summed E-state index contributed by atoms with van der Waals surface area (Å²) in [5.74, 6) is 1.72. The predicted octanol–water partition coefficient (Wildman–Crippen LogP) is 7.80. The summed E-state index contributed by atoms with van der Waals surface area (Å²) in [7, 11) is 1.53. The first kappa shape index (κ1) is 32.4. The lowest BCUT2D eigenvalue weighted by Crippen LogP contribution is -2.37. The second-order valence-corrected chi connectivity index (χ2v) is 12.4. The summed E-state index contributed by atoms with van der Waals surface area (Å²) in [5, 5.41) is 10.2. The number of esters is 1. The van der Waals surface area contributed by atoms with Crippen molar-refractivity contribution in [1.29, 1.82) is 0 Å². The number of phenols is 1. The largest absolute Gasteiger partial charge is 0.508 e.